The lowest BCUT2D eigenvalue weighted by Crippen LogP contribution is -2.14. The minimum atomic E-state index is -0.992. The molecule has 1 atom stereocenters. The number of aromatic nitrogens is 2. The fraction of sp³-hybridized carbons (Fsp3) is 0.129. The predicted molar refractivity (Wildman–Crippen MR) is 147 cm³/mol. The van der Waals surface area contributed by atoms with Gasteiger partial charge in [-0.15, -0.1) is 0 Å². The first-order chi connectivity index (χ1) is 17.9. The number of carbonyl (C=O) groups is 2. The van der Waals surface area contributed by atoms with Crippen molar-refractivity contribution in [3.8, 4) is 22.5 Å². The molecule has 0 radical (unpaired) electrons. The molecule has 2 heterocycles. The van der Waals surface area contributed by atoms with Gasteiger partial charge < -0.3 is 9.67 Å². The minimum Gasteiger partial charge on any atom is -0.481 e. The summed E-state index contributed by atoms with van der Waals surface area (Å²) in [4.78, 5) is 29.4. The van der Waals surface area contributed by atoms with Crippen LogP contribution in [0.2, 0.25) is 5.02 Å². The first-order valence-electron chi connectivity index (χ1n) is 12.1. The largest absolute Gasteiger partial charge is 0.481 e. The minimum absolute atomic E-state index is 0.0769. The Morgan fingerprint density at radius 3 is 2.05 bits per heavy atom. The Hall–Kier alpha value is -4.22. The van der Waals surface area contributed by atoms with E-state index in [0.29, 0.717) is 17.1 Å². The van der Waals surface area contributed by atoms with Crippen LogP contribution in [0.1, 0.15) is 29.3 Å². The summed E-state index contributed by atoms with van der Waals surface area (Å²) in [6, 6.07) is 29.7. The second kappa shape index (κ2) is 10.4. The van der Waals surface area contributed by atoms with Gasteiger partial charge in [0.25, 0.3) is 0 Å². The summed E-state index contributed by atoms with van der Waals surface area (Å²) >= 11 is 6.28. The summed E-state index contributed by atoms with van der Waals surface area (Å²) in [6.07, 6.45) is 1.73. The molecule has 1 N–H and O–H groups in total. The Morgan fingerprint density at radius 1 is 0.892 bits per heavy atom. The smallest absolute Gasteiger partial charge is 0.306 e. The zero-order valence-corrected chi connectivity index (χ0v) is 21.0. The van der Waals surface area contributed by atoms with Crippen molar-refractivity contribution in [1.29, 1.82) is 0 Å². The Balaban J connectivity index is 1.59. The van der Waals surface area contributed by atoms with Crippen molar-refractivity contribution in [3.63, 3.8) is 0 Å². The first-order valence-corrected chi connectivity index (χ1v) is 12.4. The van der Waals surface area contributed by atoms with Gasteiger partial charge >= 0.3 is 5.97 Å². The number of nitrogens with zero attached hydrogens (tertiary/aromatic N) is 2. The van der Waals surface area contributed by atoms with Crippen molar-refractivity contribution >= 4 is 34.3 Å². The van der Waals surface area contributed by atoms with Crippen LogP contribution in [0.5, 0.6) is 0 Å². The lowest BCUT2D eigenvalue weighted by molar-refractivity contribution is -0.141. The molecule has 5 nitrogen and oxygen atoms in total. The van der Waals surface area contributed by atoms with Gasteiger partial charge in [-0.2, -0.15) is 0 Å². The molecule has 5 rings (SSSR count). The quantitative estimate of drug-likeness (QED) is 0.222. The van der Waals surface area contributed by atoms with Crippen LogP contribution >= 0.6 is 11.6 Å². The van der Waals surface area contributed by atoms with Crippen molar-refractivity contribution < 1.29 is 14.7 Å². The van der Waals surface area contributed by atoms with Gasteiger partial charge in [0.1, 0.15) is 0 Å². The predicted octanol–water partition coefficient (Wildman–Crippen LogP) is 7.37. The third kappa shape index (κ3) is 5.32. The van der Waals surface area contributed by atoms with Crippen LogP contribution in [0.3, 0.4) is 0 Å². The van der Waals surface area contributed by atoms with Crippen LogP contribution in [0.15, 0.2) is 97.2 Å². The molecule has 0 aliphatic rings. The van der Waals surface area contributed by atoms with E-state index >= 15 is 0 Å². The highest BCUT2D eigenvalue weighted by atomic mass is 35.5. The van der Waals surface area contributed by atoms with Gasteiger partial charge in [-0.05, 0) is 35.9 Å². The number of pyridine rings is 1. The molecule has 0 saturated carbocycles. The number of hydrogen-bond donors (Lipinski definition) is 1. The molecule has 1 unspecified atom stereocenters. The molecular formula is C31H25ClN2O3. The zero-order chi connectivity index (χ0) is 25.9. The van der Waals surface area contributed by atoms with Crippen molar-refractivity contribution in [3.05, 3.63) is 113 Å². The molecular weight excluding hydrogens is 484 g/mol. The monoisotopic (exact) mass is 508 g/mol. The normalized spacial score (nSPS) is 11.9. The number of carboxylic acid groups (broad SMARTS) is 1. The summed E-state index contributed by atoms with van der Waals surface area (Å²) in [5.41, 5.74) is 6.12. The summed E-state index contributed by atoms with van der Waals surface area (Å²) < 4.78 is 2.02. The number of hydrogen-bond acceptors (Lipinski definition) is 3. The van der Waals surface area contributed by atoms with Gasteiger partial charge in [-0.3, -0.25) is 9.59 Å². The van der Waals surface area contributed by atoms with E-state index in [9.17, 15) is 14.7 Å². The second-order valence-corrected chi connectivity index (χ2v) is 9.61. The van der Waals surface area contributed by atoms with Crippen LogP contribution < -0.4 is 0 Å². The molecule has 6 heteroatoms. The van der Waals surface area contributed by atoms with Crippen LogP contribution in [0.25, 0.3) is 33.4 Å². The number of Topliss-reactive ketones (excluding diaryl/α,β-unsaturated/α-hetero) is 1. The van der Waals surface area contributed by atoms with E-state index in [2.05, 4.69) is 12.1 Å². The maximum Gasteiger partial charge on any atom is 0.306 e. The topological polar surface area (TPSA) is 72.2 Å². The van der Waals surface area contributed by atoms with Crippen molar-refractivity contribution in [2.45, 2.75) is 19.9 Å². The van der Waals surface area contributed by atoms with E-state index in [1.807, 2.05) is 77.5 Å². The summed E-state index contributed by atoms with van der Waals surface area (Å²) in [5, 5.41) is 10.5. The summed E-state index contributed by atoms with van der Waals surface area (Å²) in [6.45, 7) is 2.04. The first kappa shape index (κ1) is 24.5. The number of carboxylic acids is 1. The van der Waals surface area contributed by atoms with Gasteiger partial charge in [0.2, 0.25) is 0 Å². The molecule has 2 aromatic heterocycles. The van der Waals surface area contributed by atoms with E-state index < -0.39 is 11.9 Å². The molecule has 3 aromatic carbocycles. The number of rotatable bonds is 8. The van der Waals surface area contributed by atoms with E-state index in [4.69, 9.17) is 16.6 Å². The number of carbonyl (C=O) groups excluding carboxylic acids is 1. The molecule has 0 amide bonds. The van der Waals surface area contributed by atoms with E-state index in [1.165, 1.54) is 0 Å². The fourth-order valence-corrected chi connectivity index (χ4v) is 4.66. The number of fused-ring (bicyclic) bond motifs is 1. The molecule has 0 fully saturated rings. The van der Waals surface area contributed by atoms with Crippen LogP contribution in [0.4, 0.5) is 0 Å². The highest BCUT2D eigenvalue weighted by molar-refractivity contribution is 6.31. The Kier molecular flexibility index (Phi) is 6.89. The average Bonchev–Trinajstić information content (AvgIpc) is 3.26. The highest BCUT2D eigenvalue weighted by Gasteiger charge is 2.21. The maximum atomic E-state index is 13.1. The van der Waals surface area contributed by atoms with Crippen molar-refractivity contribution in [2.75, 3.05) is 0 Å². The standard InChI is InChI=1S/C31H25ClN2O3/c1-20(31(36)37)14-30(35)26-19-34(29-13-12-24(32)17-25(26)29)18-21-15-27(22-8-4-2-5-9-22)33-28(16-21)23-10-6-3-7-11-23/h2-13,15-17,19-20H,14,18H2,1H3,(H,36,37). The lowest BCUT2D eigenvalue weighted by Gasteiger charge is -2.11. The fourth-order valence-electron chi connectivity index (χ4n) is 4.49. The van der Waals surface area contributed by atoms with Gasteiger partial charge in [0.15, 0.2) is 5.78 Å². The van der Waals surface area contributed by atoms with Gasteiger partial charge in [-0.1, -0.05) is 79.2 Å². The SMILES string of the molecule is CC(CC(=O)c1cn(Cc2cc(-c3ccccc3)nc(-c3ccccc3)c2)c2ccc(Cl)cc12)C(=O)O. The number of ketones is 1. The van der Waals surface area contributed by atoms with Crippen LogP contribution in [-0.2, 0) is 11.3 Å². The molecule has 0 aliphatic heterocycles. The molecule has 0 aliphatic carbocycles. The third-order valence-corrected chi connectivity index (χ3v) is 6.67. The molecule has 37 heavy (non-hydrogen) atoms. The third-order valence-electron chi connectivity index (χ3n) is 6.43. The van der Waals surface area contributed by atoms with Crippen molar-refractivity contribution in [1.82, 2.24) is 9.55 Å². The Labute approximate surface area is 220 Å². The van der Waals surface area contributed by atoms with Gasteiger partial charge in [-0.25, -0.2) is 4.98 Å². The Morgan fingerprint density at radius 2 is 1.49 bits per heavy atom. The lowest BCUT2D eigenvalue weighted by atomic mass is 9.99. The zero-order valence-electron chi connectivity index (χ0n) is 20.3. The van der Waals surface area contributed by atoms with Crippen LogP contribution in [0, 0.1) is 5.92 Å². The molecule has 5 aromatic rings. The second-order valence-electron chi connectivity index (χ2n) is 9.18. The number of halogens is 1. The maximum absolute atomic E-state index is 13.1. The average molecular weight is 509 g/mol. The molecule has 184 valence electrons. The van der Waals surface area contributed by atoms with Crippen LogP contribution in [-0.4, -0.2) is 26.4 Å². The molecule has 0 saturated heterocycles. The number of aliphatic carboxylic acids is 1. The molecule has 0 bridgehead atoms. The van der Waals surface area contributed by atoms with Gasteiger partial charge in [0.05, 0.1) is 17.3 Å². The van der Waals surface area contributed by atoms with E-state index in [-0.39, 0.29) is 12.2 Å². The van der Waals surface area contributed by atoms with E-state index in [0.717, 1.165) is 39.0 Å². The number of benzene rings is 3. The Bertz CT molecular complexity index is 1540. The summed E-state index contributed by atoms with van der Waals surface area (Å²) in [7, 11) is 0. The highest BCUT2D eigenvalue weighted by Crippen LogP contribution is 2.30. The van der Waals surface area contributed by atoms with Gasteiger partial charge in [0, 0.05) is 51.8 Å². The molecule has 0 spiro atoms. The van der Waals surface area contributed by atoms with Crippen molar-refractivity contribution in [2.24, 2.45) is 5.92 Å². The van der Waals surface area contributed by atoms with E-state index in [1.54, 1.807) is 19.1 Å². The summed E-state index contributed by atoms with van der Waals surface area (Å²) in [5.74, 6) is -1.98.